The van der Waals surface area contributed by atoms with Gasteiger partial charge in [-0.3, -0.25) is 9.98 Å². The Bertz CT molecular complexity index is 610. The first kappa shape index (κ1) is 19.5. The van der Waals surface area contributed by atoms with Gasteiger partial charge in [-0.1, -0.05) is 29.8 Å². The lowest BCUT2D eigenvalue weighted by atomic mass is 10.3. The molecule has 2 N–H and O–H groups in total. The maximum absolute atomic E-state index is 6.02. The number of aromatic nitrogens is 1. The van der Waals surface area contributed by atoms with E-state index in [4.69, 9.17) is 16.3 Å². The Balaban J connectivity index is 0.00000264. The summed E-state index contributed by atoms with van der Waals surface area (Å²) in [6.45, 7) is 1.73. The quantitative estimate of drug-likeness (QED) is 0.310. The van der Waals surface area contributed by atoms with Gasteiger partial charge >= 0.3 is 0 Å². The fourth-order valence-corrected chi connectivity index (χ4v) is 1.98. The van der Waals surface area contributed by atoms with Crippen molar-refractivity contribution in [3.8, 4) is 5.75 Å². The number of rotatable bonds is 6. The molecule has 0 atom stereocenters. The summed E-state index contributed by atoms with van der Waals surface area (Å²) in [4.78, 5) is 8.40. The molecule has 2 rings (SSSR count). The van der Waals surface area contributed by atoms with E-state index in [1.54, 1.807) is 19.3 Å². The molecule has 0 spiro atoms. The van der Waals surface area contributed by atoms with Crippen molar-refractivity contribution in [2.24, 2.45) is 4.99 Å². The zero-order chi connectivity index (χ0) is 15.6. The molecule has 0 aliphatic rings. The summed E-state index contributed by atoms with van der Waals surface area (Å²) in [5.41, 5.74) is 0.956. The molecule has 5 nitrogen and oxygen atoms in total. The Hall–Kier alpha value is -1.54. The molecule has 23 heavy (non-hydrogen) atoms. The maximum Gasteiger partial charge on any atom is 0.191 e. The van der Waals surface area contributed by atoms with Crippen molar-refractivity contribution in [1.82, 2.24) is 15.6 Å². The predicted molar refractivity (Wildman–Crippen MR) is 105 cm³/mol. The number of para-hydroxylation sites is 1. The molecule has 124 valence electrons. The van der Waals surface area contributed by atoms with Crippen molar-refractivity contribution in [3.05, 3.63) is 59.4 Å². The first-order valence-electron chi connectivity index (χ1n) is 7.01. The van der Waals surface area contributed by atoms with Gasteiger partial charge < -0.3 is 15.4 Å². The summed E-state index contributed by atoms with van der Waals surface area (Å²) in [5.74, 6) is 1.39. The van der Waals surface area contributed by atoms with Gasteiger partial charge in [-0.2, -0.15) is 0 Å². The number of nitrogens with zero attached hydrogens (tertiary/aromatic N) is 2. The molecule has 1 aromatic heterocycles. The average molecular weight is 447 g/mol. The Labute approximate surface area is 158 Å². The van der Waals surface area contributed by atoms with Crippen molar-refractivity contribution in [3.63, 3.8) is 0 Å². The van der Waals surface area contributed by atoms with Gasteiger partial charge in [-0.25, -0.2) is 0 Å². The second-order valence-corrected chi connectivity index (χ2v) is 4.86. The summed E-state index contributed by atoms with van der Waals surface area (Å²) in [6, 6.07) is 13.2. The molecule has 0 saturated heterocycles. The normalized spacial score (nSPS) is 10.6. The highest BCUT2D eigenvalue weighted by Crippen LogP contribution is 2.22. The molecule has 0 aliphatic carbocycles. The molecule has 2 aromatic rings. The molecule has 0 fully saturated rings. The predicted octanol–water partition coefficient (Wildman–Crippen LogP) is 3.10. The van der Waals surface area contributed by atoms with Crippen LogP contribution < -0.4 is 15.4 Å². The summed E-state index contributed by atoms with van der Waals surface area (Å²) >= 11 is 6.02. The highest BCUT2D eigenvalue weighted by atomic mass is 127. The molecular formula is C16H20ClIN4O. The number of hydrogen-bond donors (Lipinski definition) is 2. The Morgan fingerprint density at radius 1 is 1.17 bits per heavy atom. The molecule has 1 heterocycles. The van der Waals surface area contributed by atoms with Crippen molar-refractivity contribution in [2.75, 3.05) is 20.2 Å². The smallest absolute Gasteiger partial charge is 0.191 e. The van der Waals surface area contributed by atoms with E-state index in [9.17, 15) is 0 Å². The average Bonchev–Trinajstić information content (AvgIpc) is 2.56. The van der Waals surface area contributed by atoms with Gasteiger partial charge in [0.15, 0.2) is 5.96 Å². The zero-order valence-corrected chi connectivity index (χ0v) is 15.9. The monoisotopic (exact) mass is 446 g/mol. The standard InChI is InChI=1S/C16H19ClN4O.HI/c1-18-16(21-12-13-6-4-5-9-19-13)20-10-11-22-15-8-3-2-7-14(15)17;/h2-9H,10-12H2,1H3,(H2,18,20,21);1H. The number of benzene rings is 1. The minimum absolute atomic E-state index is 0. The second-order valence-electron chi connectivity index (χ2n) is 4.45. The van der Waals surface area contributed by atoms with E-state index in [2.05, 4.69) is 20.6 Å². The highest BCUT2D eigenvalue weighted by Gasteiger charge is 2.01. The van der Waals surface area contributed by atoms with Crippen LogP contribution in [0.3, 0.4) is 0 Å². The second kappa shape index (κ2) is 11.1. The van der Waals surface area contributed by atoms with Gasteiger partial charge in [-0.05, 0) is 24.3 Å². The number of pyridine rings is 1. The molecule has 0 unspecified atom stereocenters. The number of ether oxygens (including phenoxy) is 1. The van der Waals surface area contributed by atoms with Gasteiger partial charge in [0.1, 0.15) is 12.4 Å². The lowest BCUT2D eigenvalue weighted by Gasteiger charge is -2.12. The van der Waals surface area contributed by atoms with Crippen LogP contribution >= 0.6 is 35.6 Å². The third-order valence-corrected chi connectivity index (χ3v) is 3.19. The summed E-state index contributed by atoms with van der Waals surface area (Å²) in [5, 5.41) is 6.97. The van der Waals surface area contributed by atoms with Gasteiger partial charge in [-0.15, -0.1) is 24.0 Å². The van der Waals surface area contributed by atoms with E-state index in [1.807, 2.05) is 36.4 Å². The van der Waals surface area contributed by atoms with Crippen LogP contribution in [-0.4, -0.2) is 31.1 Å². The van der Waals surface area contributed by atoms with E-state index in [-0.39, 0.29) is 24.0 Å². The molecule has 7 heteroatoms. The molecule has 0 saturated carbocycles. The van der Waals surface area contributed by atoms with Crippen LogP contribution in [0.15, 0.2) is 53.7 Å². The number of hydrogen-bond acceptors (Lipinski definition) is 3. The number of nitrogens with one attached hydrogen (secondary N) is 2. The van der Waals surface area contributed by atoms with Crippen LogP contribution in [0.4, 0.5) is 0 Å². The van der Waals surface area contributed by atoms with Crippen molar-refractivity contribution in [2.45, 2.75) is 6.54 Å². The van der Waals surface area contributed by atoms with Crippen LogP contribution in [0.2, 0.25) is 5.02 Å². The summed E-state index contributed by atoms with van der Waals surface area (Å²) < 4.78 is 5.60. The van der Waals surface area contributed by atoms with Crippen LogP contribution in [-0.2, 0) is 6.54 Å². The largest absolute Gasteiger partial charge is 0.490 e. The van der Waals surface area contributed by atoms with Crippen molar-refractivity contribution >= 4 is 41.5 Å². The first-order chi connectivity index (χ1) is 10.8. The minimum Gasteiger partial charge on any atom is -0.490 e. The minimum atomic E-state index is 0. The topological polar surface area (TPSA) is 58.5 Å². The molecule has 0 radical (unpaired) electrons. The number of guanidine groups is 1. The van der Waals surface area contributed by atoms with Gasteiger partial charge in [0.25, 0.3) is 0 Å². The van der Waals surface area contributed by atoms with E-state index in [0.29, 0.717) is 36.4 Å². The van der Waals surface area contributed by atoms with Gasteiger partial charge in [0.05, 0.1) is 23.8 Å². The van der Waals surface area contributed by atoms with Crippen LogP contribution in [0.5, 0.6) is 5.75 Å². The lowest BCUT2D eigenvalue weighted by molar-refractivity contribution is 0.322. The highest BCUT2D eigenvalue weighted by molar-refractivity contribution is 14.0. The van der Waals surface area contributed by atoms with Gasteiger partial charge in [0, 0.05) is 13.2 Å². The van der Waals surface area contributed by atoms with E-state index in [1.165, 1.54) is 0 Å². The van der Waals surface area contributed by atoms with Crippen molar-refractivity contribution < 1.29 is 4.74 Å². The van der Waals surface area contributed by atoms with E-state index >= 15 is 0 Å². The van der Waals surface area contributed by atoms with Gasteiger partial charge in [0.2, 0.25) is 0 Å². The Kier molecular flexibility index (Phi) is 9.39. The van der Waals surface area contributed by atoms with Crippen LogP contribution in [0.1, 0.15) is 5.69 Å². The first-order valence-corrected chi connectivity index (χ1v) is 7.39. The molecule has 0 bridgehead atoms. The molecule has 0 aliphatic heterocycles. The molecule has 0 amide bonds. The zero-order valence-electron chi connectivity index (χ0n) is 12.8. The van der Waals surface area contributed by atoms with E-state index < -0.39 is 0 Å². The summed E-state index contributed by atoms with van der Waals surface area (Å²) in [7, 11) is 1.72. The van der Waals surface area contributed by atoms with Crippen LogP contribution in [0.25, 0.3) is 0 Å². The molecular weight excluding hydrogens is 427 g/mol. The lowest BCUT2D eigenvalue weighted by Crippen LogP contribution is -2.39. The van der Waals surface area contributed by atoms with Crippen LogP contribution in [0, 0.1) is 0 Å². The maximum atomic E-state index is 6.02. The SMILES string of the molecule is CN=C(NCCOc1ccccc1Cl)NCc1ccccn1.I. The summed E-state index contributed by atoms with van der Waals surface area (Å²) in [6.07, 6.45) is 1.77. The third-order valence-electron chi connectivity index (χ3n) is 2.88. The Morgan fingerprint density at radius 3 is 2.65 bits per heavy atom. The molecule has 1 aromatic carbocycles. The van der Waals surface area contributed by atoms with Crippen molar-refractivity contribution in [1.29, 1.82) is 0 Å². The fourth-order valence-electron chi connectivity index (χ4n) is 1.79. The fraction of sp³-hybridized carbons (Fsp3) is 0.250. The number of halogens is 2. The van der Waals surface area contributed by atoms with E-state index in [0.717, 1.165) is 5.69 Å². The third kappa shape index (κ3) is 7.04. The Morgan fingerprint density at radius 2 is 1.96 bits per heavy atom. The number of aliphatic imine (C=N–C) groups is 1.